The average molecular weight is 416 g/mol. The summed E-state index contributed by atoms with van der Waals surface area (Å²) in [5.41, 5.74) is 2.62. The topological polar surface area (TPSA) is 80.5 Å². The second-order valence-electron chi connectivity index (χ2n) is 7.35. The molecule has 3 aromatic carbocycles. The van der Waals surface area contributed by atoms with Crippen molar-refractivity contribution in [2.75, 3.05) is 20.8 Å². The molecule has 0 aliphatic carbocycles. The normalized spacial score (nSPS) is 11.0. The van der Waals surface area contributed by atoms with E-state index in [1.165, 1.54) is 0 Å². The van der Waals surface area contributed by atoms with E-state index in [0.29, 0.717) is 31.1 Å². The van der Waals surface area contributed by atoms with Gasteiger partial charge in [-0.25, -0.2) is 0 Å². The molecule has 4 aromatic rings. The van der Waals surface area contributed by atoms with Gasteiger partial charge in [0, 0.05) is 26.3 Å². The number of hydrogen-bond donors (Lipinski definition) is 1. The van der Waals surface area contributed by atoms with E-state index < -0.39 is 0 Å². The van der Waals surface area contributed by atoms with Gasteiger partial charge in [0.2, 0.25) is 0 Å². The highest BCUT2D eigenvalue weighted by Crippen LogP contribution is 2.31. The van der Waals surface area contributed by atoms with Crippen molar-refractivity contribution < 1.29 is 14.6 Å². The maximum atomic E-state index is 13.3. The summed E-state index contributed by atoms with van der Waals surface area (Å²) in [6.07, 6.45) is 1.65. The van der Waals surface area contributed by atoms with E-state index in [-0.39, 0.29) is 11.7 Å². The highest BCUT2D eigenvalue weighted by molar-refractivity contribution is 6.10. The Kier molecular flexibility index (Phi) is 5.95. The molecule has 0 aliphatic heterocycles. The third-order valence-corrected chi connectivity index (χ3v) is 5.29. The number of phenols is 1. The molecule has 0 atom stereocenters. The summed E-state index contributed by atoms with van der Waals surface area (Å²) in [6, 6.07) is 18.7. The Hall–Kier alpha value is -3.71. The number of carbonyl (C=O) groups is 1. The highest BCUT2D eigenvalue weighted by atomic mass is 16.5. The highest BCUT2D eigenvalue weighted by Gasteiger charge is 2.18. The number of hydrogen-bond acceptors (Lipinski definition) is 5. The Morgan fingerprint density at radius 2 is 1.81 bits per heavy atom. The molecule has 0 unspecified atom stereocenters. The Morgan fingerprint density at radius 3 is 2.58 bits per heavy atom. The molecule has 158 valence electrons. The first-order valence-electron chi connectivity index (χ1n) is 10.0. The molecule has 1 amide bonds. The number of ether oxygens (including phenoxy) is 1. The zero-order chi connectivity index (χ0) is 21.8. The minimum Gasteiger partial charge on any atom is -0.508 e. The van der Waals surface area contributed by atoms with Crippen molar-refractivity contribution >= 4 is 16.7 Å². The Labute approximate surface area is 180 Å². The van der Waals surface area contributed by atoms with Crippen molar-refractivity contribution in [2.45, 2.75) is 13.1 Å². The number of methoxy groups -OCH3 is 1. The number of nitrogens with zero attached hydrogens (tertiary/aromatic N) is 4. The second kappa shape index (κ2) is 8.97. The summed E-state index contributed by atoms with van der Waals surface area (Å²) in [5, 5.41) is 19.6. The van der Waals surface area contributed by atoms with Gasteiger partial charge in [0.1, 0.15) is 12.1 Å². The van der Waals surface area contributed by atoms with E-state index in [0.717, 1.165) is 21.9 Å². The lowest BCUT2D eigenvalue weighted by Crippen LogP contribution is -2.28. The first-order chi connectivity index (χ1) is 15.1. The van der Waals surface area contributed by atoms with E-state index in [1.807, 2.05) is 53.1 Å². The molecule has 0 bridgehead atoms. The smallest absolute Gasteiger partial charge is 0.254 e. The van der Waals surface area contributed by atoms with Crippen molar-refractivity contribution in [1.82, 2.24) is 19.7 Å². The zero-order valence-corrected chi connectivity index (χ0v) is 17.5. The van der Waals surface area contributed by atoms with Crippen LogP contribution in [0.4, 0.5) is 0 Å². The Bertz CT molecular complexity index is 1200. The van der Waals surface area contributed by atoms with E-state index in [4.69, 9.17) is 4.74 Å². The van der Waals surface area contributed by atoms with Crippen LogP contribution in [0.5, 0.6) is 5.75 Å². The van der Waals surface area contributed by atoms with Crippen LogP contribution in [0.15, 0.2) is 67.0 Å². The van der Waals surface area contributed by atoms with Crippen LogP contribution in [0.2, 0.25) is 0 Å². The maximum Gasteiger partial charge on any atom is 0.254 e. The fourth-order valence-corrected chi connectivity index (χ4v) is 3.66. The molecule has 1 heterocycles. The first-order valence-corrected chi connectivity index (χ1v) is 10.0. The number of aromatic nitrogens is 3. The number of aromatic hydroxyl groups is 1. The number of benzene rings is 3. The van der Waals surface area contributed by atoms with Crippen molar-refractivity contribution in [3.8, 4) is 16.9 Å². The maximum absolute atomic E-state index is 13.3. The lowest BCUT2D eigenvalue weighted by atomic mass is 9.95. The monoisotopic (exact) mass is 416 g/mol. The van der Waals surface area contributed by atoms with Crippen LogP contribution in [0.25, 0.3) is 21.9 Å². The van der Waals surface area contributed by atoms with Gasteiger partial charge in [0.05, 0.1) is 13.2 Å². The fraction of sp³-hybridized carbons (Fsp3) is 0.208. The number of fused-ring (bicyclic) bond motifs is 1. The van der Waals surface area contributed by atoms with Crippen molar-refractivity contribution in [3.05, 3.63) is 78.4 Å². The molecular formula is C24H24N4O3. The molecular weight excluding hydrogens is 392 g/mol. The van der Waals surface area contributed by atoms with Crippen molar-refractivity contribution in [1.29, 1.82) is 0 Å². The van der Waals surface area contributed by atoms with Gasteiger partial charge in [-0.05, 0) is 40.1 Å². The summed E-state index contributed by atoms with van der Waals surface area (Å²) in [6.45, 7) is 1.52. The minimum absolute atomic E-state index is 0.0882. The van der Waals surface area contributed by atoms with E-state index in [9.17, 15) is 9.90 Å². The van der Waals surface area contributed by atoms with Crippen LogP contribution in [0.1, 0.15) is 16.2 Å². The lowest BCUT2D eigenvalue weighted by molar-refractivity contribution is 0.0781. The summed E-state index contributed by atoms with van der Waals surface area (Å²) < 4.78 is 7.01. The predicted molar refractivity (Wildman–Crippen MR) is 119 cm³/mol. The van der Waals surface area contributed by atoms with Gasteiger partial charge in [-0.3, -0.25) is 4.79 Å². The molecule has 0 fully saturated rings. The van der Waals surface area contributed by atoms with Crippen LogP contribution < -0.4 is 0 Å². The summed E-state index contributed by atoms with van der Waals surface area (Å²) in [5.74, 6) is 0.840. The van der Waals surface area contributed by atoms with Crippen molar-refractivity contribution in [3.63, 3.8) is 0 Å². The summed E-state index contributed by atoms with van der Waals surface area (Å²) in [7, 11) is 3.41. The van der Waals surface area contributed by atoms with Crippen LogP contribution in [-0.4, -0.2) is 51.4 Å². The van der Waals surface area contributed by atoms with E-state index in [1.54, 1.807) is 37.5 Å². The van der Waals surface area contributed by atoms with E-state index in [2.05, 4.69) is 10.2 Å². The number of amides is 1. The molecule has 31 heavy (non-hydrogen) atoms. The molecule has 0 spiro atoms. The second-order valence-corrected chi connectivity index (χ2v) is 7.35. The molecule has 0 saturated heterocycles. The zero-order valence-electron chi connectivity index (χ0n) is 17.5. The molecule has 0 radical (unpaired) electrons. The van der Waals surface area contributed by atoms with E-state index >= 15 is 0 Å². The van der Waals surface area contributed by atoms with Crippen LogP contribution in [-0.2, 0) is 17.8 Å². The van der Waals surface area contributed by atoms with Gasteiger partial charge < -0.3 is 19.3 Å². The summed E-state index contributed by atoms with van der Waals surface area (Å²) >= 11 is 0. The van der Waals surface area contributed by atoms with Gasteiger partial charge in [-0.15, -0.1) is 10.2 Å². The molecule has 1 N–H and O–H groups in total. The molecule has 7 heteroatoms. The van der Waals surface area contributed by atoms with Gasteiger partial charge >= 0.3 is 0 Å². The SMILES string of the molecule is COCCn1cnnc1CN(C)C(=O)c1cccc2c(-c3ccc(O)cc3)cccc12. The van der Waals surface area contributed by atoms with Gasteiger partial charge in [0.25, 0.3) is 5.91 Å². The average Bonchev–Trinajstić information content (AvgIpc) is 3.23. The van der Waals surface area contributed by atoms with Crippen LogP contribution in [0.3, 0.4) is 0 Å². The largest absolute Gasteiger partial charge is 0.508 e. The fourth-order valence-electron chi connectivity index (χ4n) is 3.66. The van der Waals surface area contributed by atoms with Crippen LogP contribution >= 0.6 is 0 Å². The summed E-state index contributed by atoms with van der Waals surface area (Å²) in [4.78, 5) is 15.0. The third kappa shape index (κ3) is 4.27. The Balaban J connectivity index is 1.65. The number of phenolic OH excluding ortho intramolecular Hbond substituents is 1. The quantitative estimate of drug-likeness (QED) is 0.497. The molecule has 0 saturated carbocycles. The van der Waals surface area contributed by atoms with Crippen molar-refractivity contribution in [2.24, 2.45) is 0 Å². The number of carbonyl (C=O) groups excluding carboxylic acids is 1. The molecule has 1 aromatic heterocycles. The predicted octanol–water partition coefficient (Wildman–Crippen LogP) is 3.72. The lowest BCUT2D eigenvalue weighted by Gasteiger charge is -2.19. The minimum atomic E-state index is -0.0882. The Morgan fingerprint density at radius 1 is 1.06 bits per heavy atom. The van der Waals surface area contributed by atoms with Crippen LogP contribution in [0, 0.1) is 0 Å². The van der Waals surface area contributed by atoms with Gasteiger partial charge in [-0.2, -0.15) is 0 Å². The molecule has 7 nitrogen and oxygen atoms in total. The number of rotatable bonds is 7. The molecule has 4 rings (SSSR count). The third-order valence-electron chi connectivity index (χ3n) is 5.29. The first kappa shape index (κ1) is 20.6. The van der Waals surface area contributed by atoms with Gasteiger partial charge in [-0.1, -0.05) is 42.5 Å². The standard InChI is InChI=1S/C24H24N4O3/c1-27(15-23-26-25-16-28(23)13-14-31-2)24(30)22-8-4-6-20-19(5-3-7-21(20)22)17-9-11-18(29)12-10-17/h3-12,16,29H,13-15H2,1-2H3. The molecule has 0 aliphatic rings. The van der Waals surface area contributed by atoms with Gasteiger partial charge in [0.15, 0.2) is 5.82 Å².